The van der Waals surface area contributed by atoms with E-state index in [1.807, 2.05) is 6.21 Å². The van der Waals surface area contributed by atoms with Gasteiger partial charge in [0.25, 0.3) is 0 Å². The highest BCUT2D eigenvalue weighted by Crippen LogP contribution is 2.49. The lowest BCUT2D eigenvalue weighted by Gasteiger charge is -2.37. The van der Waals surface area contributed by atoms with Crippen LogP contribution in [-0.2, 0) is 5.41 Å². The zero-order valence-electron chi connectivity index (χ0n) is 14.9. The number of aliphatic imine (C=N–C) groups is 1. The van der Waals surface area contributed by atoms with Crippen molar-refractivity contribution in [1.29, 1.82) is 0 Å². The molecule has 1 aliphatic carbocycles. The Hall–Kier alpha value is -3.45. The maximum absolute atomic E-state index is 4.68. The van der Waals surface area contributed by atoms with Crippen LogP contribution in [0.15, 0.2) is 125 Å². The topological polar surface area (TPSA) is 12.4 Å². The Kier molecular flexibility index (Phi) is 3.72. The summed E-state index contributed by atoms with van der Waals surface area (Å²) in [4.78, 5) is 4.68. The molecule has 0 unspecified atom stereocenters. The Morgan fingerprint density at radius 3 is 1.78 bits per heavy atom. The van der Waals surface area contributed by atoms with Crippen LogP contribution in [-0.4, -0.2) is 6.21 Å². The first-order valence-electron chi connectivity index (χ1n) is 9.24. The molecule has 1 aliphatic heterocycles. The number of benzene rings is 3. The number of allylic oxidation sites excluding steroid dienone is 5. The Labute approximate surface area is 159 Å². The normalized spacial score (nSPS) is 17.0. The number of nitrogens with zero attached hydrogens (tertiary/aromatic N) is 1. The van der Waals surface area contributed by atoms with Crippen molar-refractivity contribution in [3.8, 4) is 0 Å². The molecule has 0 spiro atoms. The molecule has 3 aromatic rings. The van der Waals surface area contributed by atoms with E-state index in [0.717, 1.165) is 5.70 Å². The van der Waals surface area contributed by atoms with Gasteiger partial charge in [0.15, 0.2) is 0 Å². The van der Waals surface area contributed by atoms with E-state index in [1.165, 1.54) is 27.8 Å². The molecule has 0 fully saturated rings. The van der Waals surface area contributed by atoms with Crippen molar-refractivity contribution in [3.63, 3.8) is 0 Å². The Bertz CT molecular complexity index is 1050. The van der Waals surface area contributed by atoms with Crippen LogP contribution in [0.1, 0.15) is 16.7 Å². The Morgan fingerprint density at radius 1 is 0.630 bits per heavy atom. The molecular formula is C26H19N. The lowest BCUT2D eigenvalue weighted by atomic mass is 9.65. The van der Waals surface area contributed by atoms with Gasteiger partial charge >= 0.3 is 0 Å². The molecule has 128 valence electrons. The monoisotopic (exact) mass is 345 g/mol. The fraction of sp³-hybridized carbons (Fsp3) is 0.0385. The summed E-state index contributed by atoms with van der Waals surface area (Å²) in [5.74, 6) is 0. The van der Waals surface area contributed by atoms with Crippen LogP contribution < -0.4 is 0 Å². The summed E-state index contributed by atoms with van der Waals surface area (Å²) >= 11 is 0. The second-order valence-electron chi connectivity index (χ2n) is 6.89. The first-order chi connectivity index (χ1) is 13.4. The van der Waals surface area contributed by atoms with Crippen LogP contribution in [0.25, 0.3) is 5.57 Å². The van der Waals surface area contributed by atoms with Gasteiger partial charge in [-0.05, 0) is 40.0 Å². The van der Waals surface area contributed by atoms with Crippen molar-refractivity contribution in [2.45, 2.75) is 5.41 Å². The Balaban J connectivity index is 1.84. The zero-order valence-corrected chi connectivity index (χ0v) is 14.9. The van der Waals surface area contributed by atoms with Gasteiger partial charge < -0.3 is 0 Å². The molecule has 0 bridgehead atoms. The lowest BCUT2D eigenvalue weighted by molar-refractivity contribution is 0.762. The van der Waals surface area contributed by atoms with Gasteiger partial charge in [0.1, 0.15) is 0 Å². The van der Waals surface area contributed by atoms with Crippen molar-refractivity contribution < 1.29 is 0 Å². The summed E-state index contributed by atoms with van der Waals surface area (Å²) in [5.41, 5.74) is 6.85. The fourth-order valence-electron chi connectivity index (χ4n) is 4.14. The van der Waals surface area contributed by atoms with E-state index in [4.69, 9.17) is 0 Å². The Morgan fingerprint density at radius 2 is 1.19 bits per heavy atom. The molecule has 0 saturated heterocycles. The van der Waals surface area contributed by atoms with Crippen LogP contribution >= 0.6 is 0 Å². The van der Waals surface area contributed by atoms with Crippen molar-refractivity contribution in [2.24, 2.45) is 4.99 Å². The highest BCUT2D eigenvalue weighted by Gasteiger charge is 2.41. The first-order valence-corrected chi connectivity index (χ1v) is 9.24. The van der Waals surface area contributed by atoms with Crippen LogP contribution in [0.2, 0.25) is 0 Å². The number of hydrogen-bond acceptors (Lipinski definition) is 1. The van der Waals surface area contributed by atoms with Crippen LogP contribution in [0.5, 0.6) is 0 Å². The molecule has 2 aliphatic rings. The zero-order chi connectivity index (χ0) is 18.1. The standard InChI is InChI=1S/C26H19N/c1-4-10-20(11-5-1)21-18-25-24(16-17-27-25)26(19-21,22-12-6-2-7-13-22)23-14-8-3-9-15-23/h1-19H. The first kappa shape index (κ1) is 15.8. The van der Waals surface area contributed by atoms with Crippen LogP contribution in [0, 0.1) is 0 Å². The SMILES string of the molecule is C1=NC2=CC(c3ccccc3)=CC(c3ccccc3)(c3ccccc3)C2=C1. The molecule has 0 saturated carbocycles. The molecule has 5 rings (SSSR count). The van der Waals surface area contributed by atoms with Gasteiger partial charge in [0.2, 0.25) is 0 Å². The van der Waals surface area contributed by atoms with Crippen LogP contribution in [0.3, 0.4) is 0 Å². The van der Waals surface area contributed by atoms with Gasteiger partial charge in [0.05, 0.1) is 11.1 Å². The summed E-state index contributed by atoms with van der Waals surface area (Å²) in [5, 5.41) is 0. The summed E-state index contributed by atoms with van der Waals surface area (Å²) in [6.45, 7) is 0. The second kappa shape index (κ2) is 6.37. The molecule has 0 aromatic heterocycles. The van der Waals surface area contributed by atoms with Gasteiger partial charge in [-0.15, -0.1) is 0 Å². The summed E-state index contributed by atoms with van der Waals surface area (Å²) in [6, 6.07) is 32.0. The third-order valence-corrected chi connectivity index (χ3v) is 5.39. The predicted molar refractivity (Wildman–Crippen MR) is 113 cm³/mol. The van der Waals surface area contributed by atoms with E-state index in [0.29, 0.717) is 0 Å². The minimum atomic E-state index is -0.353. The van der Waals surface area contributed by atoms with Gasteiger partial charge in [0, 0.05) is 6.21 Å². The van der Waals surface area contributed by atoms with E-state index < -0.39 is 0 Å². The molecule has 3 aromatic carbocycles. The predicted octanol–water partition coefficient (Wildman–Crippen LogP) is 5.96. The van der Waals surface area contributed by atoms with Crippen molar-refractivity contribution in [2.75, 3.05) is 0 Å². The van der Waals surface area contributed by atoms with Gasteiger partial charge in [-0.2, -0.15) is 0 Å². The largest absolute Gasteiger partial charge is 0.257 e. The number of fused-ring (bicyclic) bond motifs is 1. The molecule has 1 nitrogen and oxygen atoms in total. The minimum absolute atomic E-state index is 0.353. The highest BCUT2D eigenvalue weighted by molar-refractivity contribution is 5.90. The average molecular weight is 345 g/mol. The van der Waals surface area contributed by atoms with Gasteiger partial charge in [-0.1, -0.05) is 97.1 Å². The van der Waals surface area contributed by atoms with Gasteiger partial charge in [-0.25, -0.2) is 0 Å². The second-order valence-corrected chi connectivity index (χ2v) is 6.89. The third kappa shape index (κ3) is 2.51. The van der Waals surface area contributed by atoms with Crippen molar-refractivity contribution in [1.82, 2.24) is 0 Å². The number of rotatable bonds is 3. The molecule has 1 heterocycles. The smallest absolute Gasteiger partial charge is 0.0683 e. The molecular weight excluding hydrogens is 326 g/mol. The molecule has 0 N–H and O–H groups in total. The van der Waals surface area contributed by atoms with E-state index in [-0.39, 0.29) is 5.41 Å². The van der Waals surface area contributed by atoms with E-state index >= 15 is 0 Å². The minimum Gasteiger partial charge on any atom is -0.257 e. The average Bonchev–Trinajstić information content (AvgIpc) is 3.24. The summed E-state index contributed by atoms with van der Waals surface area (Å²) in [7, 11) is 0. The summed E-state index contributed by atoms with van der Waals surface area (Å²) < 4.78 is 0. The third-order valence-electron chi connectivity index (χ3n) is 5.39. The van der Waals surface area contributed by atoms with Crippen molar-refractivity contribution in [3.05, 3.63) is 137 Å². The molecule has 0 radical (unpaired) electrons. The molecule has 0 atom stereocenters. The summed E-state index contributed by atoms with van der Waals surface area (Å²) in [6.07, 6.45) is 8.68. The van der Waals surface area contributed by atoms with Gasteiger partial charge in [-0.3, -0.25) is 4.99 Å². The lowest BCUT2D eigenvalue weighted by Crippen LogP contribution is -2.30. The highest BCUT2D eigenvalue weighted by atomic mass is 14.8. The maximum atomic E-state index is 4.68. The molecule has 1 heteroatoms. The maximum Gasteiger partial charge on any atom is 0.0683 e. The van der Waals surface area contributed by atoms with E-state index in [9.17, 15) is 0 Å². The molecule has 0 amide bonds. The number of hydrogen-bond donors (Lipinski definition) is 0. The molecule has 27 heavy (non-hydrogen) atoms. The van der Waals surface area contributed by atoms with Crippen LogP contribution in [0.4, 0.5) is 0 Å². The van der Waals surface area contributed by atoms with E-state index in [1.54, 1.807) is 0 Å². The van der Waals surface area contributed by atoms with E-state index in [2.05, 4.69) is 114 Å². The quantitative estimate of drug-likeness (QED) is 0.555. The fourth-order valence-corrected chi connectivity index (χ4v) is 4.14. The van der Waals surface area contributed by atoms with Crippen molar-refractivity contribution >= 4 is 11.8 Å².